The first kappa shape index (κ1) is 11.5. The molecule has 0 fully saturated rings. The molecule has 0 atom stereocenters. The number of nitrogens with two attached hydrogens (primary N) is 1. The first-order valence-corrected chi connectivity index (χ1v) is 6.11. The van der Waals surface area contributed by atoms with E-state index in [-0.39, 0.29) is 0 Å². The average Bonchev–Trinajstić information content (AvgIpc) is 2.47. The Hall–Kier alpha value is -2.62. The van der Waals surface area contributed by atoms with Crippen molar-refractivity contribution in [3.63, 3.8) is 0 Å². The van der Waals surface area contributed by atoms with Crippen molar-refractivity contribution in [2.45, 2.75) is 6.54 Å². The molecule has 0 aliphatic carbocycles. The molecule has 0 unspecified atom stereocenters. The van der Waals surface area contributed by atoms with Gasteiger partial charge in [-0.05, 0) is 17.7 Å². The largest absolute Gasteiger partial charge is 0.399 e. The second-order valence-corrected chi connectivity index (χ2v) is 4.38. The van der Waals surface area contributed by atoms with Crippen molar-refractivity contribution in [3.05, 3.63) is 60.3 Å². The summed E-state index contributed by atoms with van der Waals surface area (Å²) in [5.74, 6) is 0.801. The van der Waals surface area contributed by atoms with Gasteiger partial charge in [-0.15, -0.1) is 5.10 Å². The fourth-order valence-corrected chi connectivity index (χ4v) is 1.98. The van der Waals surface area contributed by atoms with E-state index in [0.29, 0.717) is 6.54 Å². The van der Waals surface area contributed by atoms with Crippen LogP contribution in [0.4, 0.5) is 11.5 Å². The summed E-state index contributed by atoms with van der Waals surface area (Å²) in [6.45, 7) is 0.697. The van der Waals surface area contributed by atoms with Crippen LogP contribution in [0.2, 0.25) is 0 Å². The molecule has 4 heteroatoms. The molecule has 0 aliphatic rings. The lowest BCUT2D eigenvalue weighted by Gasteiger charge is -2.08. The highest BCUT2D eigenvalue weighted by Crippen LogP contribution is 2.19. The van der Waals surface area contributed by atoms with Gasteiger partial charge in [0.1, 0.15) is 0 Å². The highest BCUT2D eigenvalue weighted by Gasteiger charge is 2.02. The Morgan fingerprint density at radius 3 is 2.63 bits per heavy atom. The van der Waals surface area contributed by atoms with Crippen LogP contribution in [0.25, 0.3) is 10.8 Å². The molecule has 19 heavy (non-hydrogen) atoms. The normalized spacial score (nSPS) is 10.5. The van der Waals surface area contributed by atoms with Gasteiger partial charge in [0.25, 0.3) is 0 Å². The molecule has 2 aromatic carbocycles. The number of nitrogens with zero attached hydrogens (tertiary/aromatic N) is 2. The summed E-state index contributed by atoms with van der Waals surface area (Å²) in [5, 5.41) is 13.6. The molecule has 1 heterocycles. The maximum absolute atomic E-state index is 5.67. The van der Waals surface area contributed by atoms with Crippen LogP contribution in [0.5, 0.6) is 0 Å². The van der Waals surface area contributed by atoms with Gasteiger partial charge < -0.3 is 11.1 Å². The highest BCUT2D eigenvalue weighted by molar-refractivity contribution is 5.90. The number of benzene rings is 2. The number of hydrogen-bond donors (Lipinski definition) is 2. The first-order valence-electron chi connectivity index (χ1n) is 6.11. The van der Waals surface area contributed by atoms with Crippen LogP contribution in [-0.2, 0) is 6.54 Å². The molecule has 0 aliphatic heterocycles. The van der Waals surface area contributed by atoms with Gasteiger partial charge in [0.15, 0.2) is 5.82 Å². The van der Waals surface area contributed by atoms with Crippen LogP contribution in [-0.4, -0.2) is 10.2 Å². The Morgan fingerprint density at radius 2 is 1.79 bits per heavy atom. The van der Waals surface area contributed by atoms with E-state index in [9.17, 15) is 0 Å². The minimum Gasteiger partial charge on any atom is -0.399 e. The molecule has 0 radical (unpaired) electrons. The first-order chi connectivity index (χ1) is 9.33. The Bertz CT molecular complexity index is 687. The molecule has 0 bridgehead atoms. The van der Waals surface area contributed by atoms with E-state index in [1.165, 1.54) is 0 Å². The third-order valence-corrected chi connectivity index (χ3v) is 3.01. The zero-order chi connectivity index (χ0) is 13.1. The van der Waals surface area contributed by atoms with E-state index in [1.54, 1.807) is 6.20 Å². The zero-order valence-corrected chi connectivity index (χ0v) is 10.4. The van der Waals surface area contributed by atoms with E-state index in [4.69, 9.17) is 5.73 Å². The van der Waals surface area contributed by atoms with Gasteiger partial charge in [0, 0.05) is 23.0 Å². The monoisotopic (exact) mass is 250 g/mol. The van der Waals surface area contributed by atoms with Gasteiger partial charge in [-0.3, -0.25) is 0 Å². The van der Waals surface area contributed by atoms with Crippen LogP contribution < -0.4 is 11.1 Å². The molecule has 0 amide bonds. The van der Waals surface area contributed by atoms with Crippen LogP contribution in [0, 0.1) is 0 Å². The third-order valence-electron chi connectivity index (χ3n) is 3.01. The van der Waals surface area contributed by atoms with Crippen molar-refractivity contribution in [3.8, 4) is 0 Å². The van der Waals surface area contributed by atoms with Gasteiger partial charge in [-0.25, -0.2) is 0 Å². The lowest BCUT2D eigenvalue weighted by molar-refractivity contribution is 1.02. The molecule has 0 saturated carbocycles. The second kappa shape index (κ2) is 4.94. The molecule has 1 aromatic heterocycles. The average molecular weight is 250 g/mol. The molecule has 4 nitrogen and oxygen atoms in total. The Balaban J connectivity index is 1.84. The topological polar surface area (TPSA) is 63.8 Å². The number of nitrogen functional groups attached to an aromatic ring is 1. The van der Waals surface area contributed by atoms with Crippen LogP contribution in [0.3, 0.4) is 0 Å². The SMILES string of the molecule is Nc1ccc(CNc2nncc3ccccc23)cc1. The van der Waals surface area contributed by atoms with Gasteiger partial charge in [0.05, 0.1) is 6.20 Å². The van der Waals surface area contributed by atoms with Gasteiger partial charge in [-0.1, -0.05) is 36.4 Å². The molecular weight excluding hydrogens is 236 g/mol. The van der Waals surface area contributed by atoms with Crippen molar-refractivity contribution in [1.29, 1.82) is 0 Å². The van der Waals surface area contributed by atoms with E-state index < -0.39 is 0 Å². The Kier molecular flexibility index (Phi) is 2.98. The summed E-state index contributed by atoms with van der Waals surface area (Å²) in [4.78, 5) is 0. The molecular formula is C15H14N4. The molecule has 0 saturated heterocycles. The van der Waals surface area contributed by atoms with Crippen molar-refractivity contribution in [2.24, 2.45) is 0 Å². The lowest BCUT2D eigenvalue weighted by Crippen LogP contribution is -2.03. The van der Waals surface area contributed by atoms with E-state index in [1.807, 2.05) is 48.5 Å². The molecule has 0 spiro atoms. The summed E-state index contributed by atoms with van der Waals surface area (Å²) in [6.07, 6.45) is 1.77. The highest BCUT2D eigenvalue weighted by atomic mass is 15.2. The summed E-state index contributed by atoms with van der Waals surface area (Å²) >= 11 is 0. The number of rotatable bonds is 3. The second-order valence-electron chi connectivity index (χ2n) is 4.38. The fourth-order valence-electron chi connectivity index (χ4n) is 1.98. The predicted octanol–water partition coefficient (Wildman–Crippen LogP) is 2.82. The zero-order valence-electron chi connectivity index (χ0n) is 10.4. The van der Waals surface area contributed by atoms with Crippen molar-refractivity contribution in [1.82, 2.24) is 10.2 Å². The number of fused-ring (bicyclic) bond motifs is 1. The fraction of sp³-hybridized carbons (Fsp3) is 0.0667. The van der Waals surface area contributed by atoms with Gasteiger partial charge >= 0.3 is 0 Å². The number of nitrogens with one attached hydrogen (secondary N) is 1. The smallest absolute Gasteiger partial charge is 0.156 e. The molecule has 3 aromatic rings. The van der Waals surface area contributed by atoms with Crippen molar-refractivity contribution >= 4 is 22.3 Å². The number of aromatic nitrogens is 2. The summed E-state index contributed by atoms with van der Waals surface area (Å²) in [6, 6.07) is 15.8. The van der Waals surface area contributed by atoms with E-state index in [2.05, 4.69) is 15.5 Å². The van der Waals surface area contributed by atoms with Crippen molar-refractivity contribution < 1.29 is 0 Å². The minimum atomic E-state index is 0.697. The molecule has 3 rings (SSSR count). The Labute approximate surface area is 111 Å². The number of anilines is 2. The lowest BCUT2D eigenvalue weighted by atomic mass is 10.2. The predicted molar refractivity (Wildman–Crippen MR) is 77.7 cm³/mol. The van der Waals surface area contributed by atoms with Crippen LogP contribution in [0.15, 0.2) is 54.7 Å². The maximum Gasteiger partial charge on any atom is 0.156 e. The van der Waals surface area contributed by atoms with Gasteiger partial charge in [-0.2, -0.15) is 5.10 Å². The maximum atomic E-state index is 5.67. The number of hydrogen-bond acceptors (Lipinski definition) is 4. The van der Waals surface area contributed by atoms with Crippen molar-refractivity contribution in [2.75, 3.05) is 11.1 Å². The molecule has 94 valence electrons. The van der Waals surface area contributed by atoms with Crippen LogP contribution in [0.1, 0.15) is 5.56 Å². The van der Waals surface area contributed by atoms with Crippen LogP contribution >= 0.6 is 0 Å². The van der Waals surface area contributed by atoms with E-state index in [0.717, 1.165) is 27.8 Å². The standard InChI is InChI=1S/C15H14N4/c16-13-7-5-11(6-8-13)9-17-15-14-4-2-1-3-12(14)10-18-19-15/h1-8,10H,9,16H2,(H,17,19). The summed E-state index contributed by atoms with van der Waals surface area (Å²) < 4.78 is 0. The van der Waals surface area contributed by atoms with E-state index >= 15 is 0 Å². The minimum absolute atomic E-state index is 0.697. The summed E-state index contributed by atoms with van der Waals surface area (Å²) in [5.41, 5.74) is 7.59. The quantitative estimate of drug-likeness (QED) is 0.702. The Morgan fingerprint density at radius 1 is 1.00 bits per heavy atom. The van der Waals surface area contributed by atoms with Gasteiger partial charge in [0.2, 0.25) is 0 Å². The summed E-state index contributed by atoms with van der Waals surface area (Å²) in [7, 11) is 0. The third kappa shape index (κ3) is 2.47. The molecule has 3 N–H and O–H groups in total.